The Balaban J connectivity index is 2.75. The van der Waals surface area contributed by atoms with Gasteiger partial charge < -0.3 is 10.1 Å². The highest BCUT2D eigenvalue weighted by Crippen LogP contribution is 2.32. The highest BCUT2D eigenvalue weighted by molar-refractivity contribution is 5.89. The molecule has 0 radical (unpaired) electrons. The second kappa shape index (κ2) is 4.84. The Labute approximate surface area is 110 Å². The summed E-state index contributed by atoms with van der Waals surface area (Å²) in [7, 11) is 0. The predicted octanol–water partition coefficient (Wildman–Crippen LogP) is 2.76. The molecular weight excluding hydrogens is 275 g/mol. The number of aromatic carboxylic acids is 1. The van der Waals surface area contributed by atoms with Crippen LogP contribution in [0.5, 0.6) is 0 Å². The van der Waals surface area contributed by atoms with E-state index in [0.29, 0.717) is 11.6 Å². The maximum absolute atomic E-state index is 12.9. The van der Waals surface area contributed by atoms with E-state index >= 15 is 0 Å². The van der Waals surface area contributed by atoms with Crippen molar-refractivity contribution in [3.63, 3.8) is 0 Å². The number of carbonyl (C=O) groups is 1. The molecule has 2 rings (SSSR count). The molecular formula is C13H8F3NO3. The summed E-state index contributed by atoms with van der Waals surface area (Å²) in [5.74, 6) is -1.92. The number of carboxylic acids is 1. The molecule has 0 saturated carbocycles. The van der Waals surface area contributed by atoms with Gasteiger partial charge in [-0.25, -0.2) is 4.79 Å². The number of aromatic nitrogens is 1. The second-order valence-corrected chi connectivity index (χ2v) is 3.97. The first-order chi connectivity index (χ1) is 9.30. The largest absolute Gasteiger partial charge is 0.477 e. The lowest BCUT2D eigenvalue weighted by atomic mass is 10.0. The van der Waals surface area contributed by atoms with Crippen LogP contribution in [0.3, 0.4) is 0 Å². The average Bonchev–Trinajstić information content (AvgIpc) is 2.37. The van der Waals surface area contributed by atoms with Crippen molar-refractivity contribution in [2.45, 2.75) is 6.18 Å². The van der Waals surface area contributed by atoms with Crippen molar-refractivity contribution in [3.8, 4) is 11.3 Å². The summed E-state index contributed by atoms with van der Waals surface area (Å²) in [5.41, 5.74) is -3.80. The number of pyridine rings is 1. The Morgan fingerprint density at radius 3 is 2.25 bits per heavy atom. The number of benzene rings is 1. The van der Waals surface area contributed by atoms with Crippen LogP contribution in [-0.2, 0) is 6.18 Å². The number of aromatic amines is 1. The van der Waals surface area contributed by atoms with Gasteiger partial charge in [-0.2, -0.15) is 13.2 Å². The van der Waals surface area contributed by atoms with E-state index < -0.39 is 28.8 Å². The van der Waals surface area contributed by atoms with Crippen LogP contribution >= 0.6 is 0 Å². The lowest BCUT2D eigenvalue weighted by molar-refractivity contribution is -0.138. The lowest BCUT2D eigenvalue weighted by Crippen LogP contribution is -2.25. The van der Waals surface area contributed by atoms with Crippen LogP contribution in [0, 0.1) is 0 Å². The van der Waals surface area contributed by atoms with Crippen LogP contribution in [0.2, 0.25) is 0 Å². The van der Waals surface area contributed by atoms with Gasteiger partial charge in [0, 0.05) is 5.69 Å². The summed E-state index contributed by atoms with van der Waals surface area (Å²) in [6.07, 6.45) is -4.93. The monoisotopic (exact) mass is 283 g/mol. The molecule has 0 aliphatic heterocycles. The maximum Gasteiger partial charge on any atom is 0.417 e. The number of alkyl halides is 3. The molecule has 4 nitrogen and oxygen atoms in total. The Bertz CT molecular complexity index is 705. The molecule has 0 atom stereocenters. The van der Waals surface area contributed by atoms with Crippen LogP contribution in [0.15, 0.2) is 41.2 Å². The molecule has 2 aromatic rings. The number of hydrogen-bond donors (Lipinski definition) is 2. The minimum Gasteiger partial charge on any atom is -0.477 e. The zero-order chi connectivity index (χ0) is 14.9. The van der Waals surface area contributed by atoms with Gasteiger partial charge >= 0.3 is 12.1 Å². The SMILES string of the molecule is O=C(O)c1c(C(F)(F)F)cc(-c2ccccc2)[nH]c1=O. The zero-order valence-electron chi connectivity index (χ0n) is 9.86. The summed E-state index contributed by atoms with van der Waals surface area (Å²) in [6, 6.07) is 8.48. The van der Waals surface area contributed by atoms with Crippen molar-refractivity contribution in [2.24, 2.45) is 0 Å². The molecule has 0 fully saturated rings. The number of H-pyrrole nitrogens is 1. The summed E-state index contributed by atoms with van der Waals surface area (Å²) in [4.78, 5) is 24.6. The highest BCUT2D eigenvalue weighted by atomic mass is 19.4. The predicted molar refractivity (Wildman–Crippen MR) is 64.5 cm³/mol. The van der Waals surface area contributed by atoms with Gasteiger partial charge in [-0.1, -0.05) is 30.3 Å². The molecule has 20 heavy (non-hydrogen) atoms. The topological polar surface area (TPSA) is 70.2 Å². The van der Waals surface area contributed by atoms with Gasteiger partial charge in [0.1, 0.15) is 5.56 Å². The molecule has 0 aliphatic carbocycles. The minimum atomic E-state index is -4.93. The first-order valence-corrected chi connectivity index (χ1v) is 5.44. The molecule has 7 heteroatoms. The van der Waals surface area contributed by atoms with Gasteiger partial charge in [0.05, 0.1) is 5.56 Å². The van der Waals surface area contributed by atoms with E-state index in [1.54, 1.807) is 18.2 Å². The van der Waals surface area contributed by atoms with Crippen LogP contribution in [-0.4, -0.2) is 16.1 Å². The third-order valence-corrected chi connectivity index (χ3v) is 2.64. The Hall–Kier alpha value is -2.57. The van der Waals surface area contributed by atoms with E-state index in [2.05, 4.69) is 4.98 Å². The fourth-order valence-corrected chi connectivity index (χ4v) is 1.77. The molecule has 104 valence electrons. The third-order valence-electron chi connectivity index (χ3n) is 2.64. The zero-order valence-corrected chi connectivity index (χ0v) is 9.86. The summed E-state index contributed by atoms with van der Waals surface area (Å²) in [5, 5.41) is 8.75. The first kappa shape index (κ1) is 13.9. The smallest absolute Gasteiger partial charge is 0.417 e. The summed E-state index contributed by atoms with van der Waals surface area (Å²) >= 11 is 0. The summed E-state index contributed by atoms with van der Waals surface area (Å²) in [6.45, 7) is 0. The van der Waals surface area contributed by atoms with Crippen LogP contribution in [0.1, 0.15) is 15.9 Å². The van der Waals surface area contributed by atoms with E-state index in [4.69, 9.17) is 5.11 Å². The molecule has 0 bridgehead atoms. The van der Waals surface area contributed by atoms with Crippen LogP contribution in [0.25, 0.3) is 11.3 Å². The molecule has 2 N–H and O–H groups in total. The van der Waals surface area contributed by atoms with Crippen molar-refractivity contribution >= 4 is 5.97 Å². The highest BCUT2D eigenvalue weighted by Gasteiger charge is 2.37. The lowest BCUT2D eigenvalue weighted by Gasteiger charge is -2.11. The molecule has 0 saturated heterocycles. The number of halogens is 3. The molecule has 1 aromatic carbocycles. The van der Waals surface area contributed by atoms with Gasteiger partial charge in [-0.3, -0.25) is 4.79 Å². The molecule has 0 unspecified atom stereocenters. The number of hydrogen-bond acceptors (Lipinski definition) is 2. The van der Waals surface area contributed by atoms with E-state index in [1.165, 1.54) is 12.1 Å². The fourth-order valence-electron chi connectivity index (χ4n) is 1.77. The average molecular weight is 283 g/mol. The first-order valence-electron chi connectivity index (χ1n) is 5.44. The molecule has 0 amide bonds. The Kier molecular flexibility index (Phi) is 3.35. The standard InChI is InChI=1S/C13H8F3NO3/c14-13(15,16)8-6-9(7-4-2-1-3-5-7)17-11(18)10(8)12(19)20/h1-6H,(H,17,18)(H,19,20). The molecule has 0 aliphatic rings. The van der Waals surface area contributed by atoms with Gasteiger partial charge in [-0.15, -0.1) is 0 Å². The van der Waals surface area contributed by atoms with Crippen molar-refractivity contribution in [3.05, 3.63) is 57.9 Å². The van der Waals surface area contributed by atoms with Crippen molar-refractivity contribution in [1.82, 2.24) is 4.98 Å². The van der Waals surface area contributed by atoms with E-state index in [9.17, 15) is 22.8 Å². The Morgan fingerprint density at radius 1 is 1.15 bits per heavy atom. The maximum atomic E-state index is 12.9. The fraction of sp³-hybridized carbons (Fsp3) is 0.0769. The number of nitrogens with one attached hydrogen (secondary N) is 1. The van der Waals surface area contributed by atoms with Crippen LogP contribution in [0.4, 0.5) is 13.2 Å². The second-order valence-electron chi connectivity index (χ2n) is 3.97. The summed E-state index contributed by atoms with van der Waals surface area (Å²) < 4.78 is 38.6. The van der Waals surface area contributed by atoms with E-state index in [0.717, 1.165) is 0 Å². The van der Waals surface area contributed by atoms with Gasteiger partial charge in [0.25, 0.3) is 5.56 Å². The van der Waals surface area contributed by atoms with Crippen molar-refractivity contribution in [2.75, 3.05) is 0 Å². The molecule has 1 heterocycles. The third kappa shape index (κ3) is 2.56. The van der Waals surface area contributed by atoms with Gasteiger partial charge in [0.2, 0.25) is 0 Å². The number of carboxylic acid groups (broad SMARTS) is 1. The van der Waals surface area contributed by atoms with E-state index in [-0.39, 0.29) is 5.69 Å². The molecule has 0 spiro atoms. The Morgan fingerprint density at radius 2 is 1.75 bits per heavy atom. The minimum absolute atomic E-state index is 0.0899. The molecule has 1 aromatic heterocycles. The van der Waals surface area contributed by atoms with Crippen molar-refractivity contribution < 1.29 is 23.1 Å². The van der Waals surface area contributed by atoms with Crippen molar-refractivity contribution in [1.29, 1.82) is 0 Å². The van der Waals surface area contributed by atoms with Crippen LogP contribution < -0.4 is 5.56 Å². The normalized spacial score (nSPS) is 11.3. The van der Waals surface area contributed by atoms with E-state index in [1.807, 2.05) is 0 Å². The number of rotatable bonds is 2. The van der Waals surface area contributed by atoms with Gasteiger partial charge in [-0.05, 0) is 11.6 Å². The quantitative estimate of drug-likeness (QED) is 0.890. The van der Waals surface area contributed by atoms with Gasteiger partial charge in [0.15, 0.2) is 0 Å².